The molecule has 0 spiro atoms. The van der Waals surface area contributed by atoms with Crippen molar-refractivity contribution in [1.29, 1.82) is 0 Å². The van der Waals surface area contributed by atoms with Gasteiger partial charge in [0.1, 0.15) is 0 Å². The molecule has 0 bridgehead atoms. The van der Waals surface area contributed by atoms with E-state index in [1.165, 1.54) is 14.1 Å². The molecule has 88 valence electrons. The second kappa shape index (κ2) is 5.25. The quantitative estimate of drug-likeness (QED) is 0.822. The molecule has 16 heavy (non-hydrogen) atoms. The van der Waals surface area contributed by atoms with Crippen molar-refractivity contribution in [3.05, 3.63) is 35.9 Å². The minimum Gasteiger partial charge on any atom is -0.338 e. The van der Waals surface area contributed by atoms with Gasteiger partial charge in [-0.2, -0.15) is 0 Å². The van der Waals surface area contributed by atoms with E-state index in [-0.39, 0.29) is 6.61 Å². The summed E-state index contributed by atoms with van der Waals surface area (Å²) in [5, 5.41) is 0. The van der Waals surface area contributed by atoms with Crippen LogP contribution in [-0.4, -0.2) is 29.5 Å². The van der Waals surface area contributed by atoms with Crippen LogP contribution in [0.2, 0.25) is 0 Å². The Bertz CT molecular complexity index is 405. The van der Waals surface area contributed by atoms with Gasteiger partial charge in [0, 0.05) is 14.1 Å². The summed E-state index contributed by atoms with van der Waals surface area (Å²) < 4.78 is 16.2. The van der Waals surface area contributed by atoms with Crippen molar-refractivity contribution >= 4 is 13.2 Å². The average molecular weight is 243 g/mol. The van der Waals surface area contributed by atoms with Crippen LogP contribution in [0.15, 0.2) is 30.3 Å². The molecule has 0 aliphatic rings. The van der Waals surface area contributed by atoms with Crippen LogP contribution >= 0.6 is 7.60 Å². The Balaban J connectivity index is 2.62. The summed E-state index contributed by atoms with van der Waals surface area (Å²) in [4.78, 5) is 21.7. The molecule has 0 aliphatic carbocycles. The van der Waals surface area contributed by atoms with Crippen molar-refractivity contribution in [2.24, 2.45) is 0 Å². The molecule has 0 saturated heterocycles. The lowest BCUT2D eigenvalue weighted by Gasteiger charge is -2.15. The van der Waals surface area contributed by atoms with E-state index in [2.05, 4.69) is 0 Å². The molecule has 1 atom stereocenters. The van der Waals surface area contributed by atoms with E-state index in [1.54, 1.807) is 24.3 Å². The SMILES string of the molecule is CN(C)C(=O)P(=O)(O)OCc1ccccc1. The number of hydrogen-bond donors (Lipinski definition) is 1. The van der Waals surface area contributed by atoms with Crippen LogP contribution < -0.4 is 0 Å². The highest BCUT2D eigenvalue weighted by Crippen LogP contribution is 2.44. The van der Waals surface area contributed by atoms with Gasteiger partial charge in [0.05, 0.1) is 6.61 Å². The lowest BCUT2D eigenvalue weighted by atomic mass is 10.2. The first-order chi connectivity index (χ1) is 7.43. The molecular weight excluding hydrogens is 229 g/mol. The van der Waals surface area contributed by atoms with Gasteiger partial charge in [0.2, 0.25) is 0 Å². The first-order valence-corrected chi connectivity index (χ1v) is 6.24. The summed E-state index contributed by atoms with van der Waals surface area (Å²) in [5.41, 5.74) is -0.174. The molecule has 5 nitrogen and oxygen atoms in total. The third-order valence-corrected chi connectivity index (χ3v) is 3.24. The van der Waals surface area contributed by atoms with Gasteiger partial charge in [-0.15, -0.1) is 0 Å². The fourth-order valence-electron chi connectivity index (χ4n) is 1.04. The molecule has 1 N–H and O–H groups in total. The lowest BCUT2D eigenvalue weighted by Crippen LogP contribution is -2.20. The third kappa shape index (κ3) is 3.45. The van der Waals surface area contributed by atoms with E-state index in [0.717, 1.165) is 10.5 Å². The fraction of sp³-hybridized carbons (Fsp3) is 0.300. The van der Waals surface area contributed by atoms with Gasteiger partial charge in [-0.05, 0) is 5.56 Å². The first kappa shape index (κ1) is 12.9. The van der Waals surface area contributed by atoms with Crippen molar-refractivity contribution in [3.8, 4) is 0 Å². The number of rotatable bonds is 4. The molecular formula is C10H14NO4P. The Morgan fingerprint density at radius 1 is 1.38 bits per heavy atom. The van der Waals surface area contributed by atoms with Gasteiger partial charge >= 0.3 is 13.2 Å². The Morgan fingerprint density at radius 3 is 2.44 bits per heavy atom. The smallest absolute Gasteiger partial charge is 0.338 e. The van der Waals surface area contributed by atoms with E-state index in [0.29, 0.717) is 0 Å². The normalized spacial score (nSPS) is 14.2. The Hall–Kier alpha value is -1.16. The van der Waals surface area contributed by atoms with Crippen LogP contribution in [0.1, 0.15) is 5.56 Å². The van der Waals surface area contributed by atoms with Gasteiger partial charge < -0.3 is 9.79 Å². The van der Waals surface area contributed by atoms with Gasteiger partial charge in [0.25, 0.3) is 0 Å². The van der Waals surface area contributed by atoms with Crippen LogP contribution in [0.4, 0.5) is 4.79 Å². The fourth-order valence-corrected chi connectivity index (χ4v) is 1.98. The van der Waals surface area contributed by atoms with Crippen LogP contribution in [0.5, 0.6) is 0 Å². The average Bonchev–Trinajstić information content (AvgIpc) is 2.27. The number of benzene rings is 1. The molecule has 1 aromatic rings. The van der Waals surface area contributed by atoms with E-state index in [9.17, 15) is 14.3 Å². The van der Waals surface area contributed by atoms with Gasteiger partial charge in [-0.25, -0.2) is 4.57 Å². The number of amides is 1. The van der Waals surface area contributed by atoms with Crippen molar-refractivity contribution < 1.29 is 18.8 Å². The largest absolute Gasteiger partial charge is 0.416 e. The molecule has 1 rings (SSSR count). The minimum atomic E-state index is -4.22. The molecule has 1 aromatic carbocycles. The predicted octanol–water partition coefficient (Wildman–Crippen LogP) is 2.07. The Kier molecular flexibility index (Phi) is 4.24. The van der Waals surface area contributed by atoms with E-state index >= 15 is 0 Å². The molecule has 0 fully saturated rings. The standard InChI is InChI=1S/C10H14NO4P/c1-11(2)10(12)16(13,14)15-8-9-6-4-3-5-7-9/h3-7H,8H2,1-2H3,(H,13,14). The van der Waals surface area contributed by atoms with Crippen LogP contribution in [0.3, 0.4) is 0 Å². The van der Waals surface area contributed by atoms with E-state index < -0.39 is 13.2 Å². The minimum absolute atomic E-state index is 0.0613. The van der Waals surface area contributed by atoms with Gasteiger partial charge in [-0.3, -0.25) is 9.32 Å². The highest BCUT2D eigenvalue weighted by molar-refractivity contribution is 7.70. The van der Waals surface area contributed by atoms with Crippen molar-refractivity contribution in [3.63, 3.8) is 0 Å². The monoisotopic (exact) mass is 243 g/mol. The molecule has 0 radical (unpaired) electrons. The van der Waals surface area contributed by atoms with Crippen LogP contribution in [0.25, 0.3) is 0 Å². The molecule has 0 aromatic heterocycles. The van der Waals surface area contributed by atoms with Gasteiger partial charge in [0.15, 0.2) is 0 Å². The topological polar surface area (TPSA) is 66.8 Å². The molecule has 0 heterocycles. The highest BCUT2D eigenvalue weighted by atomic mass is 31.2. The second-order valence-corrected chi connectivity index (χ2v) is 5.14. The number of hydrogen-bond acceptors (Lipinski definition) is 3. The summed E-state index contributed by atoms with van der Waals surface area (Å²) in [7, 11) is -1.42. The second-order valence-electron chi connectivity index (χ2n) is 3.46. The third-order valence-electron chi connectivity index (χ3n) is 1.87. The summed E-state index contributed by atoms with van der Waals surface area (Å²) in [6.45, 7) is -0.0613. The summed E-state index contributed by atoms with van der Waals surface area (Å²) in [5.74, 6) is 0. The predicted molar refractivity (Wildman–Crippen MR) is 60.1 cm³/mol. The molecule has 1 unspecified atom stereocenters. The van der Waals surface area contributed by atoms with E-state index in [1.807, 2.05) is 6.07 Å². The summed E-state index contributed by atoms with van der Waals surface area (Å²) >= 11 is 0. The molecule has 6 heteroatoms. The summed E-state index contributed by atoms with van der Waals surface area (Å²) in [6.07, 6.45) is 0. The molecule has 1 amide bonds. The zero-order chi connectivity index (χ0) is 12.2. The van der Waals surface area contributed by atoms with Crippen molar-refractivity contribution in [2.45, 2.75) is 6.61 Å². The zero-order valence-corrected chi connectivity index (χ0v) is 10.1. The maximum Gasteiger partial charge on any atom is 0.416 e. The first-order valence-electron chi connectivity index (χ1n) is 4.66. The maximum absolute atomic E-state index is 11.5. The molecule has 0 saturated carbocycles. The van der Waals surface area contributed by atoms with Crippen molar-refractivity contribution in [2.75, 3.05) is 14.1 Å². The maximum atomic E-state index is 11.5. The number of nitrogens with zero attached hydrogens (tertiary/aromatic N) is 1. The highest BCUT2D eigenvalue weighted by Gasteiger charge is 2.32. The Labute approximate surface area is 94.2 Å². The van der Waals surface area contributed by atoms with Crippen molar-refractivity contribution in [1.82, 2.24) is 4.90 Å². The number of carbonyl (C=O) groups is 1. The summed E-state index contributed by atoms with van der Waals surface area (Å²) in [6, 6.07) is 8.90. The Morgan fingerprint density at radius 2 is 1.94 bits per heavy atom. The van der Waals surface area contributed by atoms with E-state index in [4.69, 9.17) is 4.52 Å². The lowest BCUT2D eigenvalue weighted by molar-refractivity contribution is 0.210. The van der Waals surface area contributed by atoms with Gasteiger partial charge in [-0.1, -0.05) is 30.3 Å². The number of carbonyl (C=O) groups excluding carboxylic acids is 1. The van der Waals surface area contributed by atoms with Crippen LogP contribution in [-0.2, 0) is 15.7 Å². The zero-order valence-electron chi connectivity index (χ0n) is 9.16. The van der Waals surface area contributed by atoms with Crippen LogP contribution in [0, 0.1) is 0 Å². The molecule has 0 aliphatic heterocycles.